The Morgan fingerprint density at radius 2 is 1.67 bits per heavy atom. The Morgan fingerprint density at radius 3 is 2.30 bits per heavy atom. The van der Waals surface area contributed by atoms with Crippen molar-refractivity contribution in [2.24, 2.45) is 0 Å². The van der Waals surface area contributed by atoms with E-state index in [-0.39, 0.29) is 17.4 Å². The largest absolute Gasteiger partial charge is 0.480 e. The van der Waals surface area contributed by atoms with Crippen molar-refractivity contribution in [3.63, 3.8) is 0 Å². The SMILES string of the molecule is CCC(Oc1ccccc1C)C(=O)Nc1ccccc1C(=O)NC(C)(C)C. The van der Waals surface area contributed by atoms with Gasteiger partial charge in [-0.1, -0.05) is 37.3 Å². The Labute approximate surface area is 161 Å². The van der Waals surface area contributed by atoms with Crippen LogP contribution in [-0.4, -0.2) is 23.5 Å². The summed E-state index contributed by atoms with van der Waals surface area (Å²) in [4.78, 5) is 25.3. The average molecular weight is 368 g/mol. The monoisotopic (exact) mass is 368 g/mol. The first-order valence-corrected chi connectivity index (χ1v) is 9.16. The van der Waals surface area contributed by atoms with Gasteiger partial charge in [0.2, 0.25) is 0 Å². The normalized spacial score (nSPS) is 12.2. The van der Waals surface area contributed by atoms with E-state index in [9.17, 15) is 9.59 Å². The van der Waals surface area contributed by atoms with E-state index in [4.69, 9.17) is 4.74 Å². The van der Waals surface area contributed by atoms with Gasteiger partial charge < -0.3 is 15.4 Å². The molecule has 2 aromatic rings. The number of anilines is 1. The fourth-order valence-electron chi connectivity index (χ4n) is 2.58. The summed E-state index contributed by atoms with van der Waals surface area (Å²) >= 11 is 0. The lowest BCUT2D eigenvalue weighted by Gasteiger charge is -2.22. The average Bonchev–Trinajstić information content (AvgIpc) is 2.60. The van der Waals surface area contributed by atoms with Crippen molar-refractivity contribution in [2.45, 2.75) is 52.7 Å². The Kier molecular flexibility index (Phi) is 6.61. The fraction of sp³-hybridized carbons (Fsp3) is 0.364. The predicted molar refractivity (Wildman–Crippen MR) is 108 cm³/mol. The Bertz CT molecular complexity index is 809. The maximum Gasteiger partial charge on any atom is 0.265 e. The van der Waals surface area contributed by atoms with E-state index >= 15 is 0 Å². The van der Waals surface area contributed by atoms with Crippen LogP contribution in [0.25, 0.3) is 0 Å². The van der Waals surface area contributed by atoms with Gasteiger partial charge in [0, 0.05) is 5.54 Å². The second-order valence-electron chi connectivity index (χ2n) is 7.52. The van der Waals surface area contributed by atoms with Crippen LogP contribution in [0, 0.1) is 6.92 Å². The van der Waals surface area contributed by atoms with Crippen LogP contribution in [0.3, 0.4) is 0 Å². The highest BCUT2D eigenvalue weighted by molar-refractivity contribution is 6.04. The number of para-hydroxylation sites is 2. The summed E-state index contributed by atoms with van der Waals surface area (Å²) in [6.45, 7) is 9.56. The van der Waals surface area contributed by atoms with Gasteiger partial charge in [0.05, 0.1) is 11.3 Å². The molecule has 2 rings (SSSR count). The summed E-state index contributed by atoms with van der Waals surface area (Å²) < 4.78 is 5.90. The second-order valence-corrected chi connectivity index (χ2v) is 7.52. The first-order chi connectivity index (χ1) is 12.7. The first-order valence-electron chi connectivity index (χ1n) is 9.16. The molecule has 144 valence electrons. The third kappa shape index (κ3) is 5.84. The smallest absolute Gasteiger partial charge is 0.265 e. The van der Waals surface area contributed by atoms with Crippen LogP contribution in [0.15, 0.2) is 48.5 Å². The Hall–Kier alpha value is -2.82. The third-order valence-corrected chi connectivity index (χ3v) is 3.94. The number of hydrogen-bond acceptors (Lipinski definition) is 3. The van der Waals surface area contributed by atoms with Crippen LogP contribution in [-0.2, 0) is 4.79 Å². The van der Waals surface area contributed by atoms with E-state index in [0.717, 1.165) is 5.56 Å². The number of ether oxygens (including phenoxy) is 1. The molecular weight excluding hydrogens is 340 g/mol. The van der Waals surface area contributed by atoms with Gasteiger partial charge in [-0.05, 0) is 57.9 Å². The molecule has 27 heavy (non-hydrogen) atoms. The standard InChI is InChI=1S/C22H28N2O3/c1-6-18(27-19-14-10-7-11-15(19)2)21(26)23-17-13-9-8-12-16(17)20(25)24-22(3,4)5/h7-14,18H,6H2,1-5H3,(H,23,26)(H,24,25). The molecule has 0 heterocycles. The minimum absolute atomic E-state index is 0.230. The van der Waals surface area contributed by atoms with Crippen LogP contribution in [0.5, 0.6) is 5.75 Å². The zero-order valence-electron chi connectivity index (χ0n) is 16.6. The quantitative estimate of drug-likeness (QED) is 0.798. The molecule has 0 saturated heterocycles. The zero-order valence-corrected chi connectivity index (χ0v) is 16.6. The highest BCUT2D eigenvalue weighted by Crippen LogP contribution is 2.21. The van der Waals surface area contributed by atoms with Crippen LogP contribution >= 0.6 is 0 Å². The lowest BCUT2D eigenvalue weighted by atomic mass is 10.1. The number of hydrogen-bond donors (Lipinski definition) is 2. The van der Waals surface area contributed by atoms with E-state index in [0.29, 0.717) is 23.4 Å². The Balaban J connectivity index is 2.17. The topological polar surface area (TPSA) is 67.4 Å². The molecule has 2 amide bonds. The van der Waals surface area contributed by atoms with Crippen LogP contribution < -0.4 is 15.4 Å². The minimum Gasteiger partial charge on any atom is -0.480 e. The number of rotatable bonds is 6. The molecule has 0 aliphatic heterocycles. The maximum absolute atomic E-state index is 12.8. The van der Waals surface area contributed by atoms with Crippen molar-refractivity contribution in [3.05, 3.63) is 59.7 Å². The van der Waals surface area contributed by atoms with E-state index < -0.39 is 6.10 Å². The molecule has 0 spiro atoms. The summed E-state index contributed by atoms with van der Waals surface area (Å²) in [6.07, 6.45) is -0.138. The Morgan fingerprint density at radius 1 is 1.04 bits per heavy atom. The molecule has 0 aromatic heterocycles. The molecule has 2 aromatic carbocycles. The summed E-state index contributed by atoms with van der Waals surface area (Å²) in [5.74, 6) is 0.168. The molecule has 1 unspecified atom stereocenters. The van der Waals surface area contributed by atoms with Gasteiger partial charge in [-0.2, -0.15) is 0 Å². The lowest BCUT2D eigenvalue weighted by Crippen LogP contribution is -2.41. The molecule has 5 nitrogen and oxygen atoms in total. The molecular formula is C22H28N2O3. The van der Waals surface area contributed by atoms with Crippen molar-refractivity contribution >= 4 is 17.5 Å². The summed E-state index contributed by atoms with van der Waals surface area (Å²) in [5, 5.41) is 5.76. The van der Waals surface area contributed by atoms with E-state index in [2.05, 4.69) is 10.6 Å². The summed E-state index contributed by atoms with van der Waals surface area (Å²) in [5.41, 5.74) is 1.49. The van der Waals surface area contributed by atoms with Crippen molar-refractivity contribution in [1.82, 2.24) is 5.32 Å². The summed E-state index contributed by atoms with van der Waals surface area (Å²) in [6, 6.07) is 14.5. The van der Waals surface area contributed by atoms with Crippen molar-refractivity contribution < 1.29 is 14.3 Å². The van der Waals surface area contributed by atoms with Crippen molar-refractivity contribution in [2.75, 3.05) is 5.32 Å². The summed E-state index contributed by atoms with van der Waals surface area (Å²) in [7, 11) is 0. The number of aryl methyl sites for hydroxylation is 1. The van der Waals surface area contributed by atoms with Gasteiger partial charge in [0.1, 0.15) is 5.75 Å². The number of benzene rings is 2. The van der Waals surface area contributed by atoms with Gasteiger partial charge in [-0.25, -0.2) is 0 Å². The molecule has 5 heteroatoms. The molecule has 2 N–H and O–H groups in total. The third-order valence-electron chi connectivity index (χ3n) is 3.94. The number of amides is 2. The van der Waals surface area contributed by atoms with E-state index in [1.54, 1.807) is 24.3 Å². The van der Waals surface area contributed by atoms with Crippen molar-refractivity contribution in [3.8, 4) is 5.75 Å². The predicted octanol–water partition coefficient (Wildman–Crippen LogP) is 4.32. The minimum atomic E-state index is -0.648. The highest BCUT2D eigenvalue weighted by atomic mass is 16.5. The molecule has 0 aliphatic rings. The number of nitrogens with one attached hydrogen (secondary N) is 2. The first kappa shape index (κ1) is 20.5. The molecule has 0 fully saturated rings. The van der Waals surface area contributed by atoms with Gasteiger partial charge >= 0.3 is 0 Å². The van der Waals surface area contributed by atoms with Gasteiger partial charge in [0.15, 0.2) is 6.10 Å². The van der Waals surface area contributed by atoms with Crippen LogP contribution in [0.1, 0.15) is 50.0 Å². The molecule has 0 saturated carbocycles. The van der Waals surface area contributed by atoms with E-state index in [1.165, 1.54) is 0 Å². The maximum atomic E-state index is 12.8. The molecule has 1 atom stereocenters. The second kappa shape index (κ2) is 8.71. The number of carbonyl (C=O) groups is 2. The van der Waals surface area contributed by atoms with Crippen LogP contribution in [0.4, 0.5) is 5.69 Å². The van der Waals surface area contributed by atoms with E-state index in [1.807, 2.05) is 58.9 Å². The van der Waals surface area contributed by atoms with Gasteiger partial charge in [-0.15, -0.1) is 0 Å². The van der Waals surface area contributed by atoms with Crippen LogP contribution in [0.2, 0.25) is 0 Å². The van der Waals surface area contributed by atoms with Gasteiger partial charge in [-0.3, -0.25) is 9.59 Å². The molecule has 0 radical (unpaired) electrons. The zero-order chi connectivity index (χ0) is 20.0. The van der Waals surface area contributed by atoms with Gasteiger partial charge in [0.25, 0.3) is 11.8 Å². The highest BCUT2D eigenvalue weighted by Gasteiger charge is 2.22. The lowest BCUT2D eigenvalue weighted by molar-refractivity contribution is -0.122. The number of carbonyl (C=O) groups excluding carboxylic acids is 2. The molecule has 0 aliphatic carbocycles. The van der Waals surface area contributed by atoms with Crippen molar-refractivity contribution in [1.29, 1.82) is 0 Å². The fourth-order valence-corrected chi connectivity index (χ4v) is 2.58. The molecule has 0 bridgehead atoms.